The summed E-state index contributed by atoms with van der Waals surface area (Å²) in [6.45, 7) is 1.91. The number of ether oxygens (including phenoxy) is 1. The Bertz CT molecular complexity index is 931. The molecule has 1 amide bonds. The summed E-state index contributed by atoms with van der Waals surface area (Å²) in [5.41, 5.74) is 1.03. The van der Waals surface area contributed by atoms with Gasteiger partial charge in [0.05, 0.1) is 6.26 Å². The number of hydrogen-bond acceptors (Lipinski definition) is 6. The van der Waals surface area contributed by atoms with E-state index in [0.29, 0.717) is 48.7 Å². The molecule has 8 heteroatoms. The Kier molecular flexibility index (Phi) is 5.97. The molecule has 1 aliphatic rings. The predicted octanol–water partition coefficient (Wildman–Crippen LogP) is 3.78. The van der Waals surface area contributed by atoms with E-state index in [4.69, 9.17) is 25.3 Å². The van der Waals surface area contributed by atoms with Crippen molar-refractivity contribution in [2.75, 3.05) is 19.8 Å². The molecule has 29 heavy (non-hydrogen) atoms. The average molecular weight is 416 g/mol. The van der Waals surface area contributed by atoms with E-state index in [1.807, 2.05) is 24.3 Å². The number of rotatable bonds is 7. The first-order chi connectivity index (χ1) is 14.1. The summed E-state index contributed by atoms with van der Waals surface area (Å²) in [6, 6.07) is 11.4. The number of halogens is 1. The van der Waals surface area contributed by atoms with E-state index in [1.165, 1.54) is 5.56 Å². The van der Waals surface area contributed by atoms with Gasteiger partial charge in [-0.15, -0.1) is 0 Å². The zero-order chi connectivity index (χ0) is 20.1. The molecule has 0 unspecified atom stereocenters. The molecule has 1 N–H and O–H groups in total. The standard InChI is InChI=1S/C21H22ClN3O4/c22-16-5-3-15(4-6-16)21(9-12-27-13-10-21)14-23-18(26)7-8-19-24-20(25-29-19)17-2-1-11-28-17/h1-6,11H,7-10,12-14H2,(H,23,26). The highest BCUT2D eigenvalue weighted by molar-refractivity contribution is 6.30. The second-order valence-corrected chi connectivity index (χ2v) is 7.60. The molecule has 1 aliphatic heterocycles. The third-order valence-corrected chi connectivity index (χ3v) is 5.56. The third-order valence-electron chi connectivity index (χ3n) is 5.31. The monoisotopic (exact) mass is 415 g/mol. The Labute approximate surface area is 173 Å². The van der Waals surface area contributed by atoms with Gasteiger partial charge in [-0.3, -0.25) is 4.79 Å². The van der Waals surface area contributed by atoms with Crippen molar-refractivity contribution in [2.24, 2.45) is 0 Å². The molecule has 0 aliphatic carbocycles. The summed E-state index contributed by atoms with van der Waals surface area (Å²) in [5.74, 6) is 1.27. The minimum Gasteiger partial charge on any atom is -0.461 e. The van der Waals surface area contributed by atoms with Crippen LogP contribution in [0.25, 0.3) is 11.6 Å². The summed E-state index contributed by atoms with van der Waals surface area (Å²) in [5, 5.41) is 7.65. The van der Waals surface area contributed by atoms with Gasteiger partial charge in [-0.25, -0.2) is 0 Å². The predicted molar refractivity (Wildman–Crippen MR) is 107 cm³/mol. The van der Waals surface area contributed by atoms with Crippen molar-refractivity contribution in [1.29, 1.82) is 0 Å². The quantitative estimate of drug-likeness (QED) is 0.631. The Morgan fingerprint density at radius 1 is 1.17 bits per heavy atom. The minimum atomic E-state index is -0.143. The lowest BCUT2D eigenvalue weighted by atomic mass is 9.74. The van der Waals surface area contributed by atoms with Gasteiger partial charge in [0.15, 0.2) is 5.76 Å². The molecule has 2 aromatic heterocycles. The van der Waals surface area contributed by atoms with Crippen LogP contribution in [0, 0.1) is 0 Å². The third kappa shape index (κ3) is 4.68. The number of furan rings is 1. The SMILES string of the molecule is O=C(CCc1nc(-c2ccco2)no1)NCC1(c2ccc(Cl)cc2)CCOCC1. The van der Waals surface area contributed by atoms with E-state index in [2.05, 4.69) is 15.5 Å². The lowest BCUT2D eigenvalue weighted by Gasteiger charge is -2.38. The van der Waals surface area contributed by atoms with Crippen molar-refractivity contribution < 1.29 is 18.5 Å². The number of carbonyl (C=O) groups excluding carboxylic acids is 1. The topological polar surface area (TPSA) is 90.4 Å². The largest absolute Gasteiger partial charge is 0.461 e. The van der Waals surface area contributed by atoms with Crippen LogP contribution in [0.3, 0.4) is 0 Å². The van der Waals surface area contributed by atoms with Gasteiger partial charge in [-0.05, 0) is 42.7 Å². The van der Waals surface area contributed by atoms with Crippen LogP contribution in [0.1, 0.15) is 30.7 Å². The lowest BCUT2D eigenvalue weighted by molar-refractivity contribution is -0.121. The normalized spacial score (nSPS) is 15.9. The van der Waals surface area contributed by atoms with Gasteiger partial charge >= 0.3 is 0 Å². The van der Waals surface area contributed by atoms with E-state index < -0.39 is 0 Å². The van der Waals surface area contributed by atoms with E-state index in [0.717, 1.165) is 12.8 Å². The number of aryl methyl sites for hydroxylation is 1. The maximum Gasteiger partial charge on any atom is 0.238 e. The fourth-order valence-corrected chi connectivity index (χ4v) is 3.70. The molecule has 0 bridgehead atoms. The van der Waals surface area contributed by atoms with Crippen molar-refractivity contribution in [3.63, 3.8) is 0 Å². The van der Waals surface area contributed by atoms with Crippen molar-refractivity contribution >= 4 is 17.5 Å². The summed E-state index contributed by atoms with van der Waals surface area (Å²) in [6.07, 6.45) is 3.89. The lowest BCUT2D eigenvalue weighted by Crippen LogP contribution is -2.44. The smallest absolute Gasteiger partial charge is 0.238 e. The molecule has 0 saturated carbocycles. The fraction of sp³-hybridized carbons (Fsp3) is 0.381. The van der Waals surface area contributed by atoms with E-state index >= 15 is 0 Å². The average Bonchev–Trinajstić information content (AvgIpc) is 3.44. The second-order valence-electron chi connectivity index (χ2n) is 7.17. The molecule has 1 saturated heterocycles. The number of benzene rings is 1. The van der Waals surface area contributed by atoms with Gasteiger partial charge in [0.1, 0.15) is 0 Å². The molecule has 3 aromatic rings. The highest BCUT2D eigenvalue weighted by atomic mass is 35.5. The number of aromatic nitrogens is 2. The van der Waals surface area contributed by atoms with E-state index in [-0.39, 0.29) is 17.7 Å². The first-order valence-electron chi connectivity index (χ1n) is 9.62. The number of hydrogen-bond donors (Lipinski definition) is 1. The fourth-order valence-electron chi connectivity index (χ4n) is 3.57. The number of amides is 1. The van der Waals surface area contributed by atoms with Gasteiger partial charge in [0.2, 0.25) is 17.6 Å². The summed E-state index contributed by atoms with van der Waals surface area (Å²) >= 11 is 6.04. The number of nitrogens with zero attached hydrogens (tertiary/aromatic N) is 2. The molecule has 1 fully saturated rings. The number of carbonyl (C=O) groups is 1. The van der Waals surface area contributed by atoms with Gasteiger partial charge < -0.3 is 19.0 Å². The van der Waals surface area contributed by atoms with Crippen molar-refractivity contribution in [3.8, 4) is 11.6 Å². The Morgan fingerprint density at radius 2 is 1.97 bits per heavy atom. The zero-order valence-corrected chi connectivity index (χ0v) is 16.7. The molecule has 7 nitrogen and oxygen atoms in total. The van der Waals surface area contributed by atoms with E-state index in [1.54, 1.807) is 18.4 Å². The summed E-state index contributed by atoms with van der Waals surface area (Å²) < 4.78 is 16.0. The first kappa shape index (κ1) is 19.7. The summed E-state index contributed by atoms with van der Waals surface area (Å²) in [7, 11) is 0. The molecule has 1 aromatic carbocycles. The zero-order valence-electron chi connectivity index (χ0n) is 15.9. The molecule has 4 rings (SSSR count). The van der Waals surface area contributed by atoms with Crippen LogP contribution in [0.15, 0.2) is 51.6 Å². The second kappa shape index (κ2) is 8.80. The minimum absolute atomic E-state index is 0.0532. The molecular formula is C21H22ClN3O4. The van der Waals surface area contributed by atoms with Crippen LogP contribution >= 0.6 is 11.6 Å². The molecule has 3 heterocycles. The van der Waals surface area contributed by atoms with Crippen LogP contribution < -0.4 is 5.32 Å². The van der Waals surface area contributed by atoms with E-state index in [9.17, 15) is 4.79 Å². The van der Waals surface area contributed by atoms with Gasteiger partial charge in [-0.1, -0.05) is 28.9 Å². The molecule has 0 spiro atoms. The van der Waals surface area contributed by atoms with Gasteiger partial charge in [0.25, 0.3) is 0 Å². The molecule has 0 atom stereocenters. The van der Waals surface area contributed by atoms with Crippen molar-refractivity contribution in [3.05, 3.63) is 59.1 Å². The molecular weight excluding hydrogens is 394 g/mol. The van der Waals surface area contributed by atoms with Crippen LogP contribution in [0.5, 0.6) is 0 Å². The van der Waals surface area contributed by atoms with Crippen molar-refractivity contribution in [1.82, 2.24) is 15.5 Å². The Balaban J connectivity index is 1.34. The Morgan fingerprint density at radius 3 is 2.69 bits per heavy atom. The maximum atomic E-state index is 12.5. The highest BCUT2D eigenvalue weighted by Gasteiger charge is 2.34. The van der Waals surface area contributed by atoms with Crippen molar-refractivity contribution in [2.45, 2.75) is 31.1 Å². The Hall–Kier alpha value is -2.64. The first-order valence-corrected chi connectivity index (χ1v) is 9.99. The molecule has 152 valence electrons. The highest BCUT2D eigenvalue weighted by Crippen LogP contribution is 2.35. The van der Waals surface area contributed by atoms with Gasteiger partial charge in [0, 0.05) is 43.0 Å². The van der Waals surface area contributed by atoms with Crippen LogP contribution in [-0.4, -0.2) is 35.8 Å². The van der Waals surface area contributed by atoms with Crippen LogP contribution in [-0.2, 0) is 21.4 Å². The molecule has 0 radical (unpaired) electrons. The maximum absolute atomic E-state index is 12.5. The number of nitrogens with one attached hydrogen (secondary N) is 1. The van der Waals surface area contributed by atoms with Gasteiger partial charge in [-0.2, -0.15) is 4.98 Å². The summed E-state index contributed by atoms with van der Waals surface area (Å²) in [4.78, 5) is 16.7. The van der Waals surface area contributed by atoms with Crippen LogP contribution in [0.2, 0.25) is 5.02 Å². The van der Waals surface area contributed by atoms with Crippen LogP contribution in [0.4, 0.5) is 0 Å².